The lowest BCUT2D eigenvalue weighted by molar-refractivity contribution is 0.0958. The van der Waals surface area contributed by atoms with Crippen LogP contribution in [0.1, 0.15) is 47.3 Å². The van der Waals surface area contributed by atoms with Gasteiger partial charge in [-0.15, -0.1) is 0 Å². The molecule has 3 aliphatic rings. The summed E-state index contributed by atoms with van der Waals surface area (Å²) in [6, 6.07) is 8.76. The highest BCUT2D eigenvalue weighted by Gasteiger charge is 2.56. The lowest BCUT2D eigenvalue weighted by Crippen LogP contribution is -2.46. The normalized spacial score (nSPS) is 24.5. The minimum absolute atomic E-state index is 0.0319. The molecule has 3 fully saturated rings. The molecule has 33 heavy (non-hydrogen) atoms. The highest BCUT2D eigenvalue weighted by Crippen LogP contribution is 2.45. The summed E-state index contributed by atoms with van der Waals surface area (Å²) in [5.41, 5.74) is 5.24. The lowest BCUT2D eigenvalue weighted by Gasteiger charge is -2.35. The summed E-state index contributed by atoms with van der Waals surface area (Å²) in [5, 5.41) is 2.61. The highest BCUT2D eigenvalue weighted by atomic mass is 16.1. The summed E-state index contributed by atoms with van der Waals surface area (Å²) < 4.78 is 0. The molecule has 6 rings (SSSR count). The van der Waals surface area contributed by atoms with Crippen molar-refractivity contribution in [2.45, 2.75) is 44.3 Å². The number of carbonyl (C=O) groups is 1. The quantitative estimate of drug-likeness (QED) is 0.627. The predicted molar refractivity (Wildman–Crippen MR) is 126 cm³/mol. The third-order valence-corrected chi connectivity index (χ3v) is 7.42. The van der Waals surface area contributed by atoms with E-state index < -0.39 is 0 Å². The number of hydrogen-bond donors (Lipinski definition) is 2. The number of nitrogens with zero attached hydrogens (tertiary/aromatic N) is 4. The first kappa shape index (κ1) is 20.4. The Kier molecular flexibility index (Phi) is 4.72. The Bertz CT molecular complexity index is 1280. The minimum Gasteiger partial charge on any atom is -0.364 e. The van der Waals surface area contributed by atoms with E-state index in [0.717, 1.165) is 60.3 Å². The molecule has 3 unspecified atom stereocenters. The van der Waals surface area contributed by atoms with Gasteiger partial charge in [-0.3, -0.25) is 19.5 Å². The standard InChI is InChI=1S/C25H28N6O2/c1-14-22-23(14)31(17-5-6-19(28-12-17)25(33)26-2)8-7-30(22)13-15-9-21-20(27-11-15)10-18(16-3-4-16)24(32)29-21/h5-6,9-12,14,16,22-23H,3-4,7-8,13H2,1-2H3,(H,26,33)(H,29,32). The molecule has 1 saturated heterocycles. The number of H-pyrrole nitrogens is 1. The van der Waals surface area contributed by atoms with E-state index in [1.165, 1.54) is 0 Å². The number of piperazine rings is 1. The van der Waals surface area contributed by atoms with Crippen molar-refractivity contribution < 1.29 is 4.79 Å². The first-order chi connectivity index (χ1) is 16.0. The molecular formula is C25H28N6O2. The van der Waals surface area contributed by atoms with Crippen LogP contribution in [0.15, 0.2) is 41.5 Å². The van der Waals surface area contributed by atoms with Gasteiger partial charge in [0.2, 0.25) is 0 Å². The molecule has 8 heteroatoms. The van der Waals surface area contributed by atoms with Gasteiger partial charge in [0.05, 0.1) is 22.9 Å². The van der Waals surface area contributed by atoms with Crippen LogP contribution in [0.3, 0.4) is 0 Å². The van der Waals surface area contributed by atoms with E-state index in [4.69, 9.17) is 0 Å². The second kappa shape index (κ2) is 7.66. The Balaban J connectivity index is 1.17. The predicted octanol–water partition coefficient (Wildman–Crippen LogP) is 2.26. The van der Waals surface area contributed by atoms with Crippen LogP contribution in [0.4, 0.5) is 5.69 Å². The fourth-order valence-electron chi connectivity index (χ4n) is 5.44. The summed E-state index contributed by atoms with van der Waals surface area (Å²) in [7, 11) is 1.61. The van der Waals surface area contributed by atoms with Crippen molar-refractivity contribution in [3.63, 3.8) is 0 Å². The molecule has 0 aromatic carbocycles. The Morgan fingerprint density at radius 3 is 2.73 bits per heavy atom. The van der Waals surface area contributed by atoms with Crippen LogP contribution in [0.25, 0.3) is 11.0 Å². The number of fused-ring (bicyclic) bond motifs is 2. The Morgan fingerprint density at radius 1 is 1.15 bits per heavy atom. The number of nitrogens with one attached hydrogen (secondary N) is 2. The van der Waals surface area contributed by atoms with Gasteiger partial charge in [-0.1, -0.05) is 6.92 Å². The average Bonchev–Trinajstić information content (AvgIpc) is 3.76. The van der Waals surface area contributed by atoms with Crippen molar-refractivity contribution in [3.05, 3.63) is 63.8 Å². The lowest BCUT2D eigenvalue weighted by atomic mass is 10.1. The molecule has 3 atom stereocenters. The number of carbonyl (C=O) groups excluding carboxylic acids is 1. The second-order valence-corrected chi connectivity index (χ2v) is 9.59. The van der Waals surface area contributed by atoms with Crippen LogP contribution >= 0.6 is 0 Å². The third-order valence-electron chi connectivity index (χ3n) is 7.42. The molecule has 3 aromatic rings. The zero-order valence-electron chi connectivity index (χ0n) is 18.9. The van der Waals surface area contributed by atoms with Crippen molar-refractivity contribution in [1.29, 1.82) is 0 Å². The molecular weight excluding hydrogens is 416 g/mol. The van der Waals surface area contributed by atoms with Crippen molar-refractivity contribution in [2.24, 2.45) is 5.92 Å². The number of aromatic amines is 1. The molecule has 8 nitrogen and oxygen atoms in total. The van der Waals surface area contributed by atoms with Crippen LogP contribution in [-0.2, 0) is 6.54 Å². The molecule has 2 N–H and O–H groups in total. The summed E-state index contributed by atoms with van der Waals surface area (Å²) in [6.07, 6.45) is 5.97. The van der Waals surface area contributed by atoms with Gasteiger partial charge in [0.15, 0.2) is 0 Å². The highest BCUT2D eigenvalue weighted by molar-refractivity contribution is 5.92. The van der Waals surface area contributed by atoms with Crippen molar-refractivity contribution in [2.75, 3.05) is 25.0 Å². The molecule has 0 radical (unpaired) electrons. The van der Waals surface area contributed by atoms with Crippen LogP contribution in [-0.4, -0.2) is 58.0 Å². The van der Waals surface area contributed by atoms with Crippen molar-refractivity contribution in [3.8, 4) is 0 Å². The molecule has 2 aliphatic carbocycles. The SMILES string of the molecule is CNC(=O)c1ccc(N2CCN(Cc3cnc4cc(C5CC5)c(=O)[nH]c4c3)C3C(C)C32)cn1. The van der Waals surface area contributed by atoms with Gasteiger partial charge in [-0.2, -0.15) is 0 Å². The smallest absolute Gasteiger partial charge is 0.269 e. The van der Waals surface area contributed by atoms with Gasteiger partial charge in [0, 0.05) is 50.5 Å². The monoisotopic (exact) mass is 444 g/mol. The summed E-state index contributed by atoms with van der Waals surface area (Å²) >= 11 is 0. The zero-order chi connectivity index (χ0) is 22.7. The number of pyridine rings is 3. The van der Waals surface area contributed by atoms with E-state index in [1.807, 2.05) is 24.5 Å². The molecule has 0 spiro atoms. The van der Waals surface area contributed by atoms with E-state index in [-0.39, 0.29) is 11.5 Å². The van der Waals surface area contributed by atoms with Gasteiger partial charge in [0.1, 0.15) is 5.69 Å². The topological polar surface area (TPSA) is 94.2 Å². The molecule has 170 valence electrons. The van der Waals surface area contributed by atoms with E-state index in [1.54, 1.807) is 13.1 Å². The van der Waals surface area contributed by atoms with E-state index in [9.17, 15) is 9.59 Å². The van der Waals surface area contributed by atoms with Gasteiger partial charge in [-0.25, -0.2) is 4.98 Å². The largest absolute Gasteiger partial charge is 0.364 e. The number of aromatic nitrogens is 3. The second-order valence-electron chi connectivity index (χ2n) is 9.59. The van der Waals surface area contributed by atoms with Gasteiger partial charge < -0.3 is 15.2 Å². The van der Waals surface area contributed by atoms with Gasteiger partial charge in [-0.05, 0) is 54.5 Å². The third kappa shape index (κ3) is 3.58. The van der Waals surface area contributed by atoms with E-state index in [2.05, 4.69) is 43.1 Å². The zero-order valence-corrected chi connectivity index (χ0v) is 18.9. The molecule has 0 bridgehead atoms. The fourth-order valence-corrected chi connectivity index (χ4v) is 5.44. The Hall–Kier alpha value is -3.26. The van der Waals surface area contributed by atoms with Crippen LogP contribution in [0.5, 0.6) is 0 Å². The molecule has 1 aliphatic heterocycles. The molecule has 2 saturated carbocycles. The Labute approximate surface area is 192 Å². The maximum Gasteiger partial charge on any atom is 0.269 e. The van der Waals surface area contributed by atoms with E-state index >= 15 is 0 Å². The maximum absolute atomic E-state index is 12.4. The number of amides is 1. The summed E-state index contributed by atoms with van der Waals surface area (Å²) in [6.45, 7) is 4.97. The average molecular weight is 445 g/mol. The van der Waals surface area contributed by atoms with Gasteiger partial charge >= 0.3 is 0 Å². The molecule has 4 heterocycles. The van der Waals surface area contributed by atoms with E-state index in [0.29, 0.717) is 29.6 Å². The Morgan fingerprint density at radius 2 is 2.00 bits per heavy atom. The van der Waals surface area contributed by atoms with Crippen molar-refractivity contribution >= 4 is 22.6 Å². The first-order valence-electron chi connectivity index (χ1n) is 11.7. The van der Waals surface area contributed by atoms with Crippen LogP contribution in [0, 0.1) is 5.92 Å². The number of hydrogen-bond acceptors (Lipinski definition) is 6. The number of anilines is 1. The molecule has 3 aromatic heterocycles. The maximum atomic E-state index is 12.4. The minimum atomic E-state index is -0.168. The summed E-state index contributed by atoms with van der Waals surface area (Å²) in [5.74, 6) is 0.804. The first-order valence-corrected chi connectivity index (χ1v) is 11.7. The van der Waals surface area contributed by atoms with Crippen LogP contribution < -0.4 is 15.8 Å². The van der Waals surface area contributed by atoms with Gasteiger partial charge in [0.25, 0.3) is 11.5 Å². The van der Waals surface area contributed by atoms with Crippen molar-refractivity contribution in [1.82, 2.24) is 25.2 Å². The number of rotatable bonds is 5. The van der Waals surface area contributed by atoms with Crippen LogP contribution in [0.2, 0.25) is 0 Å². The summed E-state index contributed by atoms with van der Waals surface area (Å²) in [4.78, 5) is 41.2. The fraction of sp³-hybridized carbons (Fsp3) is 0.440. The molecule has 1 amide bonds.